The molecule has 0 aliphatic heterocycles. The lowest BCUT2D eigenvalue weighted by molar-refractivity contribution is -0.137. The SMILES string of the molecule is CC(C)Nc1ccnc(Nc2cccc(C(F)(F)F)c2)c1-c1ccccc1. The van der Waals surface area contributed by atoms with E-state index in [4.69, 9.17) is 0 Å². The molecule has 0 bridgehead atoms. The highest BCUT2D eigenvalue weighted by atomic mass is 19.4. The molecule has 0 amide bonds. The lowest BCUT2D eigenvalue weighted by Crippen LogP contribution is -2.12. The summed E-state index contributed by atoms with van der Waals surface area (Å²) in [4.78, 5) is 4.38. The molecule has 0 saturated heterocycles. The second kappa shape index (κ2) is 7.70. The monoisotopic (exact) mass is 371 g/mol. The predicted octanol–water partition coefficient (Wildman–Crippen LogP) is 6.33. The van der Waals surface area contributed by atoms with Crippen LogP contribution in [-0.4, -0.2) is 11.0 Å². The van der Waals surface area contributed by atoms with E-state index in [-0.39, 0.29) is 6.04 Å². The lowest BCUT2D eigenvalue weighted by Gasteiger charge is -2.19. The zero-order valence-electron chi connectivity index (χ0n) is 15.0. The zero-order chi connectivity index (χ0) is 19.4. The van der Waals surface area contributed by atoms with Crippen molar-refractivity contribution in [2.45, 2.75) is 26.1 Å². The minimum atomic E-state index is -4.39. The lowest BCUT2D eigenvalue weighted by atomic mass is 10.0. The van der Waals surface area contributed by atoms with Gasteiger partial charge in [-0.25, -0.2) is 4.98 Å². The second-order valence-electron chi connectivity index (χ2n) is 6.45. The number of hydrogen-bond acceptors (Lipinski definition) is 3. The van der Waals surface area contributed by atoms with Crippen molar-refractivity contribution >= 4 is 17.2 Å². The molecule has 140 valence electrons. The highest BCUT2D eigenvalue weighted by Gasteiger charge is 2.30. The zero-order valence-corrected chi connectivity index (χ0v) is 15.0. The summed E-state index contributed by atoms with van der Waals surface area (Å²) in [7, 11) is 0. The standard InChI is InChI=1S/C21H20F3N3/c1-14(2)26-18-11-12-25-20(19(18)15-7-4-3-5-8-15)27-17-10-6-9-16(13-17)21(22,23)24/h3-14H,1-2H3,(H2,25,26,27). The van der Waals surface area contributed by atoms with Gasteiger partial charge in [0.25, 0.3) is 0 Å². The fourth-order valence-corrected chi connectivity index (χ4v) is 2.79. The van der Waals surface area contributed by atoms with E-state index in [1.165, 1.54) is 6.07 Å². The summed E-state index contributed by atoms with van der Waals surface area (Å²) < 4.78 is 39.0. The van der Waals surface area contributed by atoms with Crippen LogP contribution in [-0.2, 0) is 6.18 Å². The van der Waals surface area contributed by atoms with E-state index in [0.29, 0.717) is 11.5 Å². The highest BCUT2D eigenvalue weighted by molar-refractivity contribution is 5.88. The Morgan fingerprint density at radius 3 is 2.33 bits per heavy atom. The fourth-order valence-electron chi connectivity index (χ4n) is 2.79. The fraction of sp³-hybridized carbons (Fsp3) is 0.190. The summed E-state index contributed by atoms with van der Waals surface area (Å²) in [6, 6.07) is 16.8. The molecule has 0 fully saturated rings. The molecule has 0 aliphatic rings. The van der Waals surface area contributed by atoms with E-state index in [0.717, 1.165) is 28.9 Å². The van der Waals surface area contributed by atoms with Crippen molar-refractivity contribution in [1.29, 1.82) is 0 Å². The van der Waals surface area contributed by atoms with Gasteiger partial charge in [0.1, 0.15) is 5.82 Å². The van der Waals surface area contributed by atoms with Crippen LogP contribution in [0.3, 0.4) is 0 Å². The normalized spacial score (nSPS) is 11.5. The molecular formula is C21H20F3N3. The highest BCUT2D eigenvalue weighted by Crippen LogP contribution is 2.36. The van der Waals surface area contributed by atoms with Crippen LogP contribution in [0, 0.1) is 0 Å². The summed E-state index contributed by atoms with van der Waals surface area (Å²) in [6.45, 7) is 4.05. The number of aromatic nitrogens is 1. The maximum absolute atomic E-state index is 13.0. The molecule has 0 saturated carbocycles. The molecule has 27 heavy (non-hydrogen) atoms. The quantitative estimate of drug-likeness (QED) is 0.550. The smallest absolute Gasteiger partial charge is 0.382 e. The Hall–Kier alpha value is -3.02. The third-order valence-electron chi connectivity index (χ3n) is 3.91. The minimum Gasteiger partial charge on any atom is -0.382 e. The van der Waals surface area contributed by atoms with Gasteiger partial charge in [0.05, 0.1) is 5.56 Å². The number of hydrogen-bond donors (Lipinski definition) is 2. The van der Waals surface area contributed by atoms with Crippen molar-refractivity contribution in [2.75, 3.05) is 10.6 Å². The van der Waals surface area contributed by atoms with Crippen LogP contribution in [0.1, 0.15) is 19.4 Å². The first kappa shape index (κ1) is 18.8. The van der Waals surface area contributed by atoms with E-state index in [1.807, 2.05) is 50.2 Å². The Bertz CT molecular complexity index is 906. The molecule has 0 spiro atoms. The van der Waals surface area contributed by atoms with Gasteiger partial charge in [-0.05, 0) is 43.7 Å². The Morgan fingerprint density at radius 1 is 0.926 bits per heavy atom. The molecule has 6 heteroatoms. The summed E-state index contributed by atoms with van der Waals surface area (Å²) in [5.74, 6) is 0.492. The number of nitrogens with zero attached hydrogens (tertiary/aromatic N) is 1. The predicted molar refractivity (Wildman–Crippen MR) is 103 cm³/mol. The molecule has 2 aromatic carbocycles. The van der Waals surface area contributed by atoms with Crippen molar-refractivity contribution in [3.05, 3.63) is 72.4 Å². The van der Waals surface area contributed by atoms with Crippen molar-refractivity contribution in [1.82, 2.24) is 4.98 Å². The minimum absolute atomic E-state index is 0.191. The Labute approximate surface area is 156 Å². The molecule has 3 rings (SSSR count). The van der Waals surface area contributed by atoms with Crippen molar-refractivity contribution in [3.8, 4) is 11.1 Å². The first-order valence-electron chi connectivity index (χ1n) is 8.60. The molecular weight excluding hydrogens is 351 g/mol. The average Bonchev–Trinajstić information content (AvgIpc) is 2.62. The largest absolute Gasteiger partial charge is 0.416 e. The molecule has 2 N–H and O–H groups in total. The molecule has 0 radical (unpaired) electrons. The average molecular weight is 371 g/mol. The molecule has 0 unspecified atom stereocenters. The maximum atomic E-state index is 13.0. The van der Waals surface area contributed by atoms with Gasteiger partial charge in [-0.1, -0.05) is 36.4 Å². The summed E-state index contributed by atoms with van der Waals surface area (Å²) in [6.07, 6.45) is -2.76. The number of pyridine rings is 1. The number of nitrogens with one attached hydrogen (secondary N) is 2. The van der Waals surface area contributed by atoms with E-state index < -0.39 is 11.7 Å². The van der Waals surface area contributed by atoms with E-state index >= 15 is 0 Å². The van der Waals surface area contributed by atoms with Crippen molar-refractivity contribution in [3.63, 3.8) is 0 Å². The van der Waals surface area contributed by atoms with E-state index in [9.17, 15) is 13.2 Å². The summed E-state index contributed by atoms with van der Waals surface area (Å²) >= 11 is 0. The van der Waals surface area contributed by atoms with Gasteiger partial charge in [-0.2, -0.15) is 13.2 Å². The van der Waals surface area contributed by atoms with E-state index in [2.05, 4.69) is 15.6 Å². The summed E-state index contributed by atoms with van der Waals surface area (Å²) in [5.41, 5.74) is 2.22. The summed E-state index contributed by atoms with van der Waals surface area (Å²) in [5, 5.41) is 6.42. The molecule has 1 aromatic heterocycles. The van der Waals surface area contributed by atoms with Gasteiger partial charge < -0.3 is 10.6 Å². The van der Waals surface area contributed by atoms with Crippen LogP contribution in [0.2, 0.25) is 0 Å². The number of halogens is 3. The van der Waals surface area contributed by atoms with Gasteiger partial charge in [-0.15, -0.1) is 0 Å². The van der Waals surface area contributed by atoms with Gasteiger partial charge in [0.15, 0.2) is 0 Å². The third-order valence-corrected chi connectivity index (χ3v) is 3.91. The second-order valence-corrected chi connectivity index (χ2v) is 6.45. The van der Waals surface area contributed by atoms with Crippen LogP contribution in [0.15, 0.2) is 66.9 Å². The van der Waals surface area contributed by atoms with Crippen molar-refractivity contribution in [2.24, 2.45) is 0 Å². The first-order valence-corrected chi connectivity index (χ1v) is 8.60. The topological polar surface area (TPSA) is 37.0 Å². The van der Waals surface area contributed by atoms with E-state index in [1.54, 1.807) is 12.3 Å². The number of rotatable bonds is 5. The van der Waals surface area contributed by atoms with Gasteiger partial charge in [0.2, 0.25) is 0 Å². The maximum Gasteiger partial charge on any atom is 0.416 e. The van der Waals surface area contributed by atoms with Crippen LogP contribution < -0.4 is 10.6 Å². The van der Waals surface area contributed by atoms with Crippen LogP contribution in [0.25, 0.3) is 11.1 Å². The van der Waals surface area contributed by atoms with Crippen molar-refractivity contribution < 1.29 is 13.2 Å². The Balaban J connectivity index is 2.06. The molecule has 0 atom stereocenters. The van der Waals surface area contributed by atoms with Crippen LogP contribution in [0.4, 0.5) is 30.4 Å². The molecule has 3 nitrogen and oxygen atoms in total. The Kier molecular flexibility index (Phi) is 5.35. The Morgan fingerprint density at radius 2 is 1.67 bits per heavy atom. The van der Waals surface area contributed by atoms with Gasteiger partial charge in [-0.3, -0.25) is 0 Å². The molecule has 0 aliphatic carbocycles. The van der Waals surface area contributed by atoms with Crippen LogP contribution in [0.5, 0.6) is 0 Å². The molecule has 3 aromatic rings. The molecule has 1 heterocycles. The number of benzene rings is 2. The number of anilines is 3. The van der Waals surface area contributed by atoms with Gasteiger partial charge >= 0.3 is 6.18 Å². The third kappa shape index (κ3) is 4.58. The first-order chi connectivity index (χ1) is 12.8. The van der Waals surface area contributed by atoms with Crippen LogP contribution >= 0.6 is 0 Å². The van der Waals surface area contributed by atoms with Gasteiger partial charge in [0, 0.05) is 29.2 Å². The number of alkyl halides is 3.